The molecule has 1 saturated heterocycles. The van der Waals surface area contributed by atoms with E-state index in [0.717, 1.165) is 24.7 Å². The summed E-state index contributed by atoms with van der Waals surface area (Å²) in [4.78, 5) is 0. The molecule has 0 atom stereocenters. The van der Waals surface area contributed by atoms with E-state index in [4.69, 9.17) is 9.84 Å². The molecule has 3 heteroatoms. The van der Waals surface area contributed by atoms with Crippen molar-refractivity contribution in [2.75, 3.05) is 26.8 Å². The number of hydrogen-bond acceptors (Lipinski definition) is 3. The van der Waals surface area contributed by atoms with E-state index in [0.29, 0.717) is 6.61 Å². The Morgan fingerprint density at radius 3 is 1.83 bits per heavy atom. The molecule has 0 amide bonds. The van der Waals surface area contributed by atoms with Crippen LogP contribution in [0.25, 0.3) is 0 Å². The first kappa shape index (κ1) is 39.2. The molecular weight excluding hydrogens is 502 g/mol. The lowest BCUT2D eigenvalue weighted by molar-refractivity contribution is 0.230. The number of piperidine rings is 1. The number of aliphatic hydroxyl groups excluding tert-OH is 1. The van der Waals surface area contributed by atoms with E-state index in [2.05, 4.69) is 50.0 Å². The van der Waals surface area contributed by atoms with Crippen molar-refractivity contribution in [2.24, 2.45) is 11.8 Å². The Bertz CT molecular complexity index is 722. The molecule has 3 fully saturated rings. The van der Waals surface area contributed by atoms with Crippen molar-refractivity contribution < 1.29 is 9.84 Å². The number of aliphatic hydroxyl groups is 1. The molecule has 2 N–H and O–H groups in total. The van der Waals surface area contributed by atoms with Crippen LogP contribution in [0.2, 0.25) is 0 Å². The van der Waals surface area contributed by atoms with Crippen LogP contribution < -0.4 is 5.32 Å². The summed E-state index contributed by atoms with van der Waals surface area (Å²) in [7, 11) is 1.63. The lowest BCUT2D eigenvalue weighted by atomic mass is 9.85. The molecular formula is C38H67NO2. The Labute approximate surface area is 256 Å². The van der Waals surface area contributed by atoms with Gasteiger partial charge in [0.25, 0.3) is 0 Å². The third-order valence-electron chi connectivity index (χ3n) is 8.03. The van der Waals surface area contributed by atoms with Crippen LogP contribution in [0.4, 0.5) is 0 Å². The lowest BCUT2D eigenvalue weighted by Crippen LogP contribution is -2.21. The van der Waals surface area contributed by atoms with E-state index in [9.17, 15) is 0 Å². The van der Waals surface area contributed by atoms with Crippen LogP contribution in [-0.4, -0.2) is 31.9 Å². The van der Waals surface area contributed by atoms with Gasteiger partial charge in [-0.05, 0) is 81.2 Å². The number of nitrogens with one attached hydrogen (secondary N) is 1. The van der Waals surface area contributed by atoms with Crippen LogP contribution in [0.15, 0.2) is 60.9 Å². The molecule has 41 heavy (non-hydrogen) atoms. The number of aryl methyl sites for hydroxylation is 1. The number of rotatable bonds is 8. The van der Waals surface area contributed by atoms with Crippen LogP contribution in [0.1, 0.15) is 128 Å². The summed E-state index contributed by atoms with van der Waals surface area (Å²) in [6.07, 6.45) is 29.1. The molecule has 1 aliphatic heterocycles. The lowest BCUT2D eigenvalue weighted by Gasteiger charge is -2.21. The number of hydrogen-bond donors (Lipinski definition) is 2. The van der Waals surface area contributed by atoms with Crippen LogP contribution in [0.5, 0.6) is 0 Å². The van der Waals surface area contributed by atoms with Crippen molar-refractivity contribution in [3.05, 3.63) is 72.0 Å². The molecule has 0 bridgehead atoms. The van der Waals surface area contributed by atoms with Gasteiger partial charge in [-0.1, -0.05) is 140 Å². The second-order valence-electron chi connectivity index (χ2n) is 11.4. The molecule has 4 rings (SSSR count). The maximum absolute atomic E-state index is 8.62. The van der Waals surface area contributed by atoms with Crippen molar-refractivity contribution >= 4 is 0 Å². The molecule has 1 aromatic rings. The Hall–Kier alpha value is -1.84. The van der Waals surface area contributed by atoms with Gasteiger partial charge < -0.3 is 15.2 Å². The van der Waals surface area contributed by atoms with Gasteiger partial charge in [-0.15, -0.1) is 0 Å². The molecule has 1 heterocycles. The van der Waals surface area contributed by atoms with Gasteiger partial charge in [0.1, 0.15) is 0 Å². The topological polar surface area (TPSA) is 41.5 Å². The van der Waals surface area contributed by atoms with Crippen LogP contribution >= 0.6 is 0 Å². The zero-order chi connectivity index (χ0) is 30.4. The first-order chi connectivity index (χ1) is 20.1. The average Bonchev–Trinajstić information content (AvgIpc) is 3.04. The van der Waals surface area contributed by atoms with Gasteiger partial charge in [-0.2, -0.15) is 0 Å². The zero-order valence-electron chi connectivity index (χ0n) is 27.8. The molecule has 1 aromatic carbocycles. The fourth-order valence-electron chi connectivity index (χ4n) is 5.48. The third kappa shape index (κ3) is 23.4. The van der Waals surface area contributed by atoms with Crippen molar-refractivity contribution in [1.29, 1.82) is 0 Å². The van der Waals surface area contributed by atoms with Crippen molar-refractivity contribution in [3.63, 3.8) is 0 Å². The first-order valence-corrected chi connectivity index (χ1v) is 17.0. The van der Waals surface area contributed by atoms with Gasteiger partial charge in [0.2, 0.25) is 0 Å². The SMILES string of the molecule is C1CCNCC1.C=C/C(=C\C=C\OC)CC.CC.Cc1ccc(CC2CCCCC2)cc1.OCCC1CCCCC1. The summed E-state index contributed by atoms with van der Waals surface area (Å²) in [6, 6.07) is 9.06. The summed E-state index contributed by atoms with van der Waals surface area (Å²) in [5, 5.41) is 11.9. The number of methoxy groups -OCH3 is 1. The monoisotopic (exact) mass is 570 g/mol. The largest absolute Gasteiger partial charge is 0.504 e. The normalized spacial score (nSPS) is 17.8. The first-order valence-electron chi connectivity index (χ1n) is 17.0. The van der Waals surface area contributed by atoms with E-state index >= 15 is 0 Å². The summed E-state index contributed by atoms with van der Waals surface area (Å²) in [5.41, 5.74) is 4.12. The fourth-order valence-corrected chi connectivity index (χ4v) is 5.48. The molecule has 0 aromatic heterocycles. The minimum atomic E-state index is 0.394. The molecule has 236 valence electrons. The Balaban J connectivity index is 0.000000530. The molecule has 0 spiro atoms. The highest BCUT2D eigenvalue weighted by Gasteiger charge is 2.13. The van der Waals surface area contributed by atoms with Gasteiger partial charge >= 0.3 is 0 Å². The molecule has 3 nitrogen and oxygen atoms in total. The van der Waals surface area contributed by atoms with Gasteiger partial charge in [0, 0.05) is 6.61 Å². The van der Waals surface area contributed by atoms with Gasteiger partial charge in [0.15, 0.2) is 0 Å². The predicted octanol–water partition coefficient (Wildman–Crippen LogP) is 10.5. The van der Waals surface area contributed by atoms with Crippen molar-refractivity contribution in [1.82, 2.24) is 5.32 Å². The van der Waals surface area contributed by atoms with Crippen molar-refractivity contribution in [2.45, 2.75) is 130 Å². The minimum absolute atomic E-state index is 0.394. The standard InChI is InChI=1S/C14H20.C9H14O.C8H16O.C5H11N.C2H6/c1-12-7-9-14(10-8-12)11-13-5-3-2-4-6-13;1-4-9(5-2)7-6-8-10-3;9-7-6-8-4-2-1-3-5-8;1-2-4-6-5-3-1;1-2/h7-10,13H,2-6,11H2,1H3;4,6-8H,1,5H2,2-3H3;8-9H,1-7H2;6H,1-5H2;1-2H3/b;8-6+,9-7+;;;. The maximum Gasteiger partial charge on any atom is 0.0824 e. The van der Waals surface area contributed by atoms with Crippen LogP contribution in [-0.2, 0) is 11.2 Å². The second-order valence-corrected chi connectivity index (χ2v) is 11.4. The second kappa shape index (κ2) is 29.6. The Morgan fingerprint density at radius 1 is 0.878 bits per heavy atom. The van der Waals surface area contributed by atoms with Gasteiger partial charge in [-0.3, -0.25) is 0 Å². The smallest absolute Gasteiger partial charge is 0.0824 e. The fraction of sp³-hybridized carbons (Fsp3) is 0.684. The van der Waals surface area contributed by atoms with E-state index in [1.54, 1.807) is 13.4 Å². The number of benzene rings is 1. The molecule has 2 aliphatic carbocycles. The molecule has 0 radical (unpaired) electrons. The summed E-state index contributed by atoms with van der Waals surface area (Å²) in [5.74, 6) is 1.82. The Kier molecular flexibility index (Phi) is 28.3. The maximum atomic E-state index is 8.62. The summed E-state index contributed by atoms with van der Waals surface area (Å²) in [6.45, 7) is 14.8. The third-order valence-corrected chi connectivity index (χ3v) is 8.03. The molecule has 3 aliphatic rings. The van der Waals surface area contributed by atoms with Crippen LogP contribution in [0, 0.1) is 18.8 Å². The highest BCUT2D eigenvalue weighted by atomic mass is 16.5. The average molecular weight is 570 g/mol. The number of allylic oxidation sites excluding steroid dienone is 4. The van der Waals surface area contributed by atoms with Gasteiger partial charge in [-0.25, -0.2) is 0 Å². The highest BCUT2D eigenvalue weighted by Crippen LogP contribution is 2.27. The van der Waals surface area contributed by atoms with E-state index < -0.39 is 0 Å². The molecule has 0 unspecified atom stereocenters. The van der Waals surface area contributed by atoms with E-state index in [1.165, 1.54) is 120 Å². The summed E-state index contributed by atoms with van der Waals surface area (Å²) < 4.78 is 4.72. The number of ether oxygens (including phenoxy) is 1. The zero-order valence-corrected chi connectivity index (χ0v) is 27.8. The van der Waals surface area contributed by atoms with Crippen molar-refractivity contribution in [3.8, 4) is 0 Å². The Morgan fingerprint density at radius 2 is 1.41 bits per heavy atom. The molecule has 2 saturated carbocycles. The quantitative estimate of drug-likeness (QED) is 0.242. The highest BCUT2D eigenvalue weighted by molar-refractivity contribution is 5.22. The van der Waals surface area contributed by atoms with Crippen LogP contribution in [0.3, 0.4) is 0 Å². The van der Waals surface area contributed by atoms with E-state index in [1.807, 2.05) is 32.1 Å². The van der Waals surface area contributed by atoms with E-state index in [-0.39, 0.29) is 0 Å². The predicted molar refractivity (Wildman–Crippen MR) is 183 cm³/mol. The summed E-state index contributed by atoms with van der Waals surface area (Å²) >= 11 is 0. The van der Waals surface area contributed by atoms with Gasteiger partial charge in [0.05, 0.1) is 13.4 Å². The minimum Gasteiger partial charge on any atom is -0.504 e.